The minimum absolute atomic E-state index is 0.233. The maximum atomic E-state index is 12.7. The second-order valence-electron chi connectivity index (χ2n) is 2.47. The maximum Gasteiger partial charge on any atom is 0.266 e. The molecule has 0 N–H and O–H groups in total. The number of aryl methyl sites for hydroxylation is 1. The van der Waals surface area contributed by atoms with Crippen molar-refractivity contribution in [2.45, 2.75) is 6.92 Å². The van der Waals surface area contributed by atoms with Crippen LogP contribution < -0.4 is 0 Å². The van der Waals surface area contributed by atoms with Gasteiger partial charge in [-0.1, -0.05) is 6.07 Å². The molecule has 4 nitrogen and oxygen atoms in total. The minimum Gasteiger partial charge on any atom is -0.420 e. The molecule has 0 aliphatic heterocycles. The summed E-state index contributed by atoms with van der Waals surface area (Å²) in [5.41, 5.74) is 0.348. The zero-order valence-corrected chi connectivity index (χ0v) is 6.86. The smallest absolute Gasteiger partial charge is 0.266 e. The lowest BCUT2D eigenvalue weighted by Gasteiger charge is -1.91. The van der Waals surface area contributed by atoms with Gasteiger partial charge in [0.1, 0.15) is 5.69 Å². The molecule has 0 spiro atoms. The average Bonchev–Trinajstić information content (AvgIpc) is 2.52. The van der Waals surface area contributed by atoms with Gasteiger partial charge in [-0.05, 0) is 12.1 Å². The second-order valence-corrected chi connectivity index (χ2v) is 2.47. The van der Waals surface area contributed by atoms with Gasteiger partial charge >= 0.3 is 0 Å². The Kier molecular flexibility index (Phi) is 1.77. The van der Waals surface area contributed by atoms with Crippen LogP contribution in [0.5, 0.6) is 0 Å². The summed E-state index contributed by atoms with van der Waals surface area (Å²) >= 11 is 0. The Hall–Kier alpha value is -1.78. The van der Waals surface area contributed by atoms with E-state index in [-0.39, 0.29) is 5.89 Å². The van der Waals surface area contributed by atoms with Crippen molar-refractivity contribution in [1.82, 2.24) is 15.2 Å². The first-order chi connectivity index (χ1) is 6.25. The predicted octanol–water partition coefficient (Wildman–Crippen LogP) is 1.58. The summed E-state index contributed by atoms with van der Waals surface area (Å²) < 4.78 is 17.7. The summed E-state index contributed by atoms with van der Waals surface area (Å²) in [6, 6.07) is 4.40. The van der Waals surface area contributed by atoms with Crippen LogP contribution in [-0.4, -0.2) is 15.2 Å². The van der Waals surface area contributed by atoms with Crippen molar-refractivity contribution in [1.29, 1.82) is 0 Å². The fraction of sp³-hybridized carbons (Fsp3) is 0.125. The van der Waals surface area contributed by atoms with Crippen molar-refractivity contribution in [3.05, 3.63) is 30.0 Å². The van der Waals surface area contributed by atoms with E-state index in [9.17, 15) is 4.39 Å². The zero-order valence-electron chi connectivity index (χ0n) is 6.86. The van der Waals surface area contributed by atoms with Gasteiger partial charge in [-0.25, -0.2) is 4.98 Å². The molecule has 66 valence electrons. The Morgan fingerprint density at radius 3 is 2.77 bits per heavy atom. The topological polar surface area (TPSA) is 51.8 Å². The molecule has 0 atom stereocenters. The summed E-state index contributed by atoms with van der Waals surface area (Å²) in [5.74, 6) is 0.103. The van der Waals surface area contributed by atoms with Crippen molar-refractivity contribution < 1.29 is 8.81 Å². The summed E-state index contributed by atoms with van der Waals surface area (Å²) in [7, 11) is 0. The number of halogens is 1. The Bertz CT molecular complexity index is 427. The monoisotopic (exact) mass is 179 g/mol. The summed E-state index contributed by atoms with van der Waals surface area (Å²) in [4.78, 5) is 3.59. The molecule has 0 saturated carbocycles. The Morgan fingerprint density at radius 1 is 1.31 bits per heavy atom. The molecule has 0 aliphatic rings. The summed E-state index contributed by atoms with van der Waals surface area (Å²) in [6.07, 6.45) is 0. The van der Waals surface area contributed by atoms with Gasteiger partial charge in [0, 0.05) is 6.92 Å². The van der Waals surface area contributed by atoms with E-state index in [1.165, 1.54) is 12.1 Å². The highest BCUT2D eigenvalue weighted by atomic mass is 19.1. The van der Waals surface area contributed by atoms with Crippen LogP contribution in [0.25, 0.3) is 11.6 Å². The highest BCUT2D eigenvalue weighted by Gasteiger charge is 2.07. The molecule has 0 radical (unpaired) electrons. The third kappa shape index (κ3) is 1.53. The lowest BCUT2D eigenvalue weighted by Crippen LogP contribution is -1.86. The predicted molar refractivity (Wildman–Crippen MR) is 42.2 cm³/mol. The first-order valence-corrected chi connectivity index (χ1v) is 3.69. The molecule has 0 aromatic carbocycles. The summed E-state index contributed by atoms with van der Waals surface area (Å²) in [6.45, 7) is 1.66. The van der Waals surface area contributed by atoms with E-state index in [1.807, 2.05) is 0 Å². The molecular weight excluding hydrogens is 173 g/mol. The molecule has 0 saturated heterocycles. The molecule has 2 aromatic rings. The lowest BCUT2D eigenvalue weighted by atomic mass is 10.3. The second kappa shape index (κ2) is 2.93. The fourth-order valence-electron chi connectivity index (χ4n) is 0.927. The van der Waals surface area contributed by atoms with Crippen LogP contribution in [-0.2, 0) is 0 Å². The minimum atomic E-state index is -0.562. The Balaban J connectivity index is 2.46. The van der Waals surface area contributed by atoms with Gasteiger partial charge in [-0.15, -0.1) is 10.2 Å². The molecule has 0 unspecified atom stereocenters. The molecule has 0 amide bonds. The van der Waals surface area contributed by atoms with Gasteiger partial charge in [0.25, 0.3) is 5.89 Å². The third-order valence-electron chi connectivity index (χ3n) is 1.46. The van der Waals surface area contributed by atoms with Crippen molar-refractivity contribution in [2.24, 2.45) is 0 Å². The number of hydrogen-bond acceptors (Lipinski definition) is 4. The lowest BCUT2D eigenvalue weighted by molar-refractivity contribution is 0.526. The van der Waals surface area contributed by atoms with E-state index in [2.05, 4.69) is 15.2 Å². The molecule has 0 bridgehead atoms. The Labute approximate surface area is 73.4 Å². The van der Waals surface area contributed by atoms with Crippen molar-refractivity contribution in [3.63, 3.8) is 0 Å². The number of rotatable bonds is 1. The van der Waals surface area contributed by atoms with Gasteiger partial charge < -0.3 is 4.42 Å². The van der Waals surface area contributed by atoms with E-state index in [4.69, 9.17) is 4.42 Å². The Morgan fingerprint density at radius 2 is 2.15 bits per heavy atom. The van der Waals surface area contributed by atoms with Crippen LogP contribution in [0.3, 0.4) is 0 Å². The van der Waals surface area contributed by atoms with E-state index in [0.717, 1.165) is 0 Å². The normalized spacial score (nSPS) is 10.3. The molecule has 5 heteroatoms. The van der Waals surface area contributed by atoms with Crippen LogP contribution >= 0.6 is 0 Å². The van der Waals surface area contributed by atoms with Crippen molar-refractivity contribution in [3.8, 4) is 11.6 Å². The molecular formula is C8H6FN3O. The number of nitrogens with zero attached hydrogens (tertiary/aromatic N) is 3. The largest absolute Gasteiger partial charge is 0.420 e. The van der Waals surface area contributed by atoms with Crippen LogP contribution in [0, 0.1) is 12.9 Å². The molecule has 2 heterocycles. The van der Waals surface area contributed by atoms with Crippen LogP contribution in [0.1, 0.15) is 5.89 Å². The number of hydrogen-bond donors (Lipinski definition) is 0. The van der Waals surface area contributed by atoms with Crippen LogP contribution in [0.15, 0.2) is 22.6 Å². The molecule has 2 aromatic heterocycles. The van der Waals surface area contributed by atoms with Crippen LogP contribution in [0.4, 0.5) is 4.39 Å². The van der Waals surface area contributed by atoms with Crippen LogP contribution in [0.2, 0.25) is 0 Å². The van der Waals surface area contributed by atoms with E-state index in [1.54, 1.807) is 13.0 Å². The van der Waals surface area contributed by atoms with Crippen molar-refractivity contribution in [2.75, 3.05) is 0 Å². The van der Waals surface area contributed by atoms with Gasteiger partial charge in [0.05, 0.1) is 0 Å². The van der Waals surface area contributed by atoms with Gasteiger partial charge in [-0.2, -0.15) is 4.39 Å². The quantitative estimate of drug-likeness (QED) is 0.623. The molecule has 0 aliphatic carbocycles. The van der Waals surface area contributed by atoms with E-state index in [0.29, 0.717) is 11.6 Å². The molecule has 13 heavy (non-hydrogen) atoms. The fourth-order valence-corrected chi connectivity index (χ4v) is 0.927. The van der Waals surface area contributed by atoms with E-state index >= 15 is 0 Å². The molecule has 2 rings (SSSR count). The first-order valence-electron chi connectivity index (χ1n) is 3.69. The third-order valence-corrected chi connectivity index (χ3v) is 1.46. The van der Waals surface area contributed by atoms with E-state index < -0.39 is 5.95 Å². The maximum absolute atomic E-state index is 12.7. The summed E-state index contributed by atoms with van der Waals surface area (Å²) in [5, 5.41) is 7.32. The average molecular weight is 179 g/mol. The SMILES string of the molecule is Cc1nnc(-c2cccc(F)n2)o1. The number of pyridine rings is 1. The zero-order chi connectivity index (χ0) is 9.26. The van der Waals surface area contributed by atoms with Gasteiger partial charge in [0.15, 0.2) is 0 Å². The number of aromatic nitrogens is 3. The molecule has 0 fully saturated rings. The van der Waals surface area contributed by atoms with Gasteiger partial charge in [0.2, 0.25) is 11.8 Å². The highest BCUT2D eigenvalue weighted by Crippen LogP contribution is 2.14. The van der Waals surface area contributed by atoms with Gasteiger partial charge in [-0.3, -0.25) is 0 Å². The first kappa shape index (κ1) is 7.85. The standard InChI is InChI=1S/C8H6FN3O/c1-5-11-12-8(13-5)6-3-2-4-7(9)10-6/h2-4H,1H3. The van der Waals surface area contributed by atoms with Crippen molar-refractivity contribution >= 4 is 0 Å². The highest BCUT2D eigenvalue weighted by molar-refractivity contribution is 5.44.